The van der Waals surface area contributed by atoms with Crippen LogP contribution in [0, 0.1) is 6.92 Å². The van der Waals surface area contributed by atoms with Crippen LogP contribution >= 0.6 is 11.6 Å². The van der Waals surface area contributed by atoms with E-state index < -0.39 is 10.0 Å². The molecule has 1 unspecified atom stereocenters. The maximum absolute atomic E-state index is 11.9. The van der Waals surface area contributed by atoms with E-state index in [0.29, 0.717) is 18.8 Å². The second-order valence-corrected chi connectivity index (χ2v) is 6.10. The number of alkyl halides is 1. The molecule has 0 aliphatic heterocycles. The predicted molar refractivity (Wildman–Crippen MR) is 67.8 cm³/mol. The molecule has 17 heavy (non-hydrogen) atoms. The van der Waals surface area contributed by atoms with Crippen LogP contribution in [0.25, 0.3) is 0 Å². The van der Waals surface area contributed by atoms with Gasteiger partial charge in [0.05, 0.1) is 0 Å². The van der Waals surface area contributed by atoms with Crippen LogP contribution < -0.4 is 4.72 Å². The summed E-state index contributed by atoms with van der Waals surface area (Å²) in [4.78, 5) is 4.03. The molecule has 1 aromatic rings. The van der Waals surface area contributed by atoms with Gasteiger partial charge in [-0.05, 0) is 20.3 Å². The summed E-state index contributed by atoms with van der Waals surface area (Å²) in [6.07, 6.45) is 2.25. The number of aromatic nitrogens is 2. The van der Waals surface area contributed by atoms with Crippen LogP contribution in [0.3, 0.4) is 0 Å². The lowest BCUT2D eigenvalue weighted by atomic mass is 10.3. The van der Waals surface area contributed by atoms with Crippen LogP contribution in [0.15, 0.2) is 11.2 Å². The maximum atomic E-state index is 11.9. The fourth-order valence-corrected chi connectivity index (χ4v) is 2.60. The number of sulfonamides is 1. The maximum Gasteiger partial charge on any atom is 0.259 e. The van der Waals surface area contributed by atoms with Crippen molar-refractivity contribution in [1.82, 2.24) is 14.3 Å². The van der Waals surface area contributed by atoms with Gasteiger partial charge >= 0.3 is 0 Å². The smallest absolute Gasteiger partial charge is 0.259 e. The van der Waals surface area contributed by atoms with Gasteiger partial charge in [0.15, 0.2) is 5.03 Å². The molecule has 0 aromatic carbocycles. The third-order valence-electron chi connectivity index (χ3n) is 2.51. The molecule has 1 N–H and O–H groups in total. The van der Waals surface area contributed by atoms with E-state index in [-0.39, 0.29) is 16.9 Å². The zero-order valence-corrected chi connectivity index (χ0v) is 11.8. The van der Waals surface area contributed by atoms with E-state index in [1.165, 1.54) is 6.20 Å². The van der Waals surface area contributed by atoms with Gasteiger partial charge in [-0.3, -0.25) is 0 Å². The summed E-state index contributed by atoms with van der Waals surface area (Å²) in [6, 6.07) is 0. The van der Waals surface area contributed by atoms with Gasteiger partial charge in [-0.2, -0.15) is 0 Å². The minimum absolute atomic E-state index is 0.0526. The van der Waals surface area contributed by atoms with Crippen LogP contribution in [0.1, 0.15) is 26.1 Å². The first-order valence-corrected chi connectivity index (χ1v) is 7.50. The molecule has 0 radical (unpaired) electrons. The van der Waals surface area contributed by atoms with Crippen molar-refractivity contribution in [2.75, 3.05) is 6.54 Å². The van der Waals surface area contributed by atoms with E-state index in [1.54, 1.807) is 11.5 Å². The summed E-state index contributed by atoms with van der Waals surface area (Å²) < 4.78 is 28.0. The summed E-state index contributed by atoms with van der Waals surface area (Å²) in [5.41, 5.74) is 0. The lowest BCUT2D eigenvalue weighted by Crippen LogP contribution is -2.29. The molecule has 0 aliphatic rings. The Bertz CT molecular complexity index is 470. The molecule has 1 heterocycles. The normalized spacial score (nSPS) is 13.9. The molecule has 0 saturated carbocycles. The summed E-state index contributed by atoms with van der Waals surface area (Å²) in [7, 11) is -3.54. The van der Waals surface area contributed by atoms with Crippen LogP contribution in [0.5, 0.6) is 0 Å². The second kappa shape index (κ2) is 5.84. The fraction of sp³-hybridized carbons (Fsp3) is 0.700. The van der Waals surface area contributed by atoms with Crippen LogP contribution in [0.2, 0.25) is 0 Å². The third kappa shape index (κ3) is 3.69. The predicted octanol–water partition coefficient (Wildman–Crippen LogP) is 1.51. The second-order valence-electron chi connectivity index (χ2n) is 3.77. The molecule has 0 spiro atoms. The highest BCUT2D eigenvalue weighted by molar-refractivity contribution is 7.89. The molecule has 98 valence electrons. The zero-order valence-electron chi connectivity index (χ0n) is 10.3. The van der Waals surface area contributed by atoms with E-state index in [1.807, 2.05) is 13.8 Å². The lowest BCUT2D eigenvalue weighted by molar-refractivity contribution is 0.575. The molecule has 1 rings (SSSR count). The summed E-state index contributed by atoms with van der Waals surface area (Å²) in [5, 5.41) is -0.143. The van der Waals surface area contributed by atoms with E-state index in [2.05, 4.69) is 9.71 Å². The van der Waals surface area contributed by atoms with Crippen molar-refractivity contribution >= 4 is 21.6 Å². The first kappa shape index (κ1) is 14.5. The molecule has 0 fully saturated rings. The molecule has 1 atom stereocenters. The largest absolute Gasteiger partial charge is 0.334 e. The zero-order chi connectivity index (χ0) is 13.1. The lowest BCUT2D eigenvalue weighted by Gasteiger charge is -2.07. The number of aryl methyl sites for hydroxylation is 2. The Kier molecular flexibility index (Phi) is 4.97. The Morgan fingerprint density at radius 3 is 2.65 bits per heavy atom. The minimum Gasteiger partial charge on any atom is -0.334 e. The number of nitrogens with one attached hydrogen (secondary N) is 1. The topological polar surface area (TPSA) is 64.0 Å². The van der Waals surface area contributed by atoms with Crippen molar-refractivity contribution in [3.63, 3.8) is 0 Å². The SMILES string of the molecule is CCC(Cl)CNS(=O)(=O)c1cn(CC)c(C)n1. The van der Waals surface area contributed by atoms with Gasteiger partial charge in [0.25, 0.3) is 10.0 Å². The molecule has 7 heteroatoms. The van der Waals surface area contributed by atoms with Gasteiger partial charge in [-0.25, -0.2) is 18.1 Å². The monoisotopic (exact) mass is 279 g/mol. The average Bonchev–Trinajstić information content (AvgIpc) is 2.68. The van der Waals surface area contributed by atoms with E-state index in [4.69, 9.17) is 11.6 Å². The van der Waals surface area contributed by atoms with Gasteiger partial charge < -0.3 is 4.57 Å². The van der Waals surface area contributed by atoms with Gasteiger partial charge in [0, 0.05) is 24.7 Å². The Morgan fingerprint density at radius 1 is 1.53 bits per heavy atom. The Hall–Kier alpha value is -0.590. The molecular weight excluding hydrogens is 262 g/mol. The standard InChI is InChI=1S/C10H18ClN3O2S/c1-4-9(11)6-12-17(15,16)10-7-14(5-2)8(3)13-10/h7,9,12H,4-6H2,1-3H3. The molecule has 0 amide bonds. The molecule has 0 saturated heterocycles. The number of halogens is 1. The van der Waals surface area contributed by atoms with Gasteiger partial charge in [0.2, 0.25) is 0 Å². The van der Waals surface area contributed by atoms with E-state index >= 15 is 0 Å². The van der Waals surface area contributed by atoms with Crippen LogP contribution in [-0.2, 0) is 16.6 Å². The number of nitrogens with zero attached hydrogens (tertiary/aromatic N) is 2. The molecular formula is C10H18ClN3O2S. The number of rotatable bonds is 6. The van der Waals surface area contributed by atoms with Crippen molar-refractivity contribution in [3.05, 3.63) is 12.0 Å². The third-order valence-corrected chi connectivity index (χ3v) is 4.26. The van der Waals surface area contributed by atoms with Gasteiger partial charge in [-0.1, -0.05) is 6.92 Å². The number of hydrogen-bond acceptors (Lipinski definition) is 3. The first-order valence-electron chi connectivity index (χ1n) is 5.58. The van der Waals surface area contributed by atoms with Crippen molar-refractivity contribution in [2.24, 2.45) is 0 Å². The molecule has 0 aliphatic carbocycles. The summed E-state index contributed by atoms with van der Waals surface area (Å²) >= 11 is 5.87. The average molecular weight is 280 g/mol. The first-order chi connectivity index (χ1) is 7.90. The highest BCUT2D eigenvalue weighted by atomic mass is 35.5. The van der Waals surface area contributed by atoms with Crippen molar-refractivity contribution in [3.8, 4) is 0 Å². The fourth-order valence-electron chi connectivity index (χ4n) is 1.35. The van der Waals surface area contributed by atoms with Crippen LogP contribution in [0.4, 0.5) is 0 Å². The Morgan fingerprint density at radius 2 is 2.18 bits per heavy atom. The minimum atomic E-state index is -3.54. The highest BCUT2D eigenvalue weighted by Crippen LogP contribution is 2.09. The molecule has 5 nitrogen and oxygen atoms in total. The highest BCUT2D eigenvalue weighted by Gasteiger charge is 2.19. The Balaban J connectivity index is 2.82. The Labute approximate surface area is 107 Å². The van der Waals surface area contributed by atoms with Crippen molar-refractivity contribution in [2.45, 2.75) is 44.1 Å². The number of hydrogen-bond donors (Lipinski definition) is 1. The quantitative estimate of drug-likeness (QED) is 0.803. The van der Waals surface area contributed by atoms with Crippen LogP contribution in [-0.4, -0.2) is 29.9 Å². The number of imidazole rings is 1. The van der Waals surface area contributed by atoms with Gasteiger partial charge in [0.1, 0.15) is 5.82 Å². The van der Waals surface area contributed by atoms with E-state index in [0.717, 1.165) is 0 Å². The van der Waals surface area contributed by atoms with E-state index in [9.17, 15) is 8.42 Å². The van der Waals surface area contributed by atoms with Crippen molar-refractivity contribution < 1.29 is 8.42 Å². The summed E-state index contributed by atoms with van der Waals surface area (Å²) in [5.74, 6) is 0.686. The molecule has 1 aromatic heterocycles. The van der Waals surface area contributed by atoms with Crippen molar-refractivity contribution in [1.29, 1.82) is 0 Å². The molecule has 0 bridgehead atoms. The van der Waals surface area contributed by atoms with Gasteiger partial charge in [-0.15, -0.1) is 11.6 Å². The summed E-state index contributed by atoms with van der Waals surface area (Å²) in [6.45, 7) is 6.53.